The maximum atomic E-state index is 11.8. The van der Waals surface area contributed by atoms with Gasteiger partial charge in [0.15, 0.2) is 11.5 Å². The predicted molar refractivity (Wildman–Crippen MR) is 80.6 cm³/mol. The normalized spacial score (nSPS) is 10.5. The summed E-state index contributed by atoms with van der Waals surface area (Å²) in [5, 5.41) is 8.15. The zero-order chi connectivity index (χ0) is 14.5. The molecule has 108 valence electrons. The monoisotopic (exact) mass is 294 g/mol. The van der Waals surface area contributed by atoms with Gasteiger partial charge in [-0.2, -0.15) is 5.10 Å². The van der Waals surface area contributed by atoms with Gasteiger partial charge in [0.1, 0.15) is 5.00 Å². The molecule has 3 N–H and O–H groups in total. The van der Waals surface area contributed by atoms with Crippen LogP contribution < -0.4 is 15.8 Å². The lowest BCUT2D eigenvalue weighted by Gasteiger charge is -2.07. The number of ketones is 1. The van der Waals surface area contributed by atoms with E-state index in [1.807, 2.05) is 23.9 Å². The second-order valence-electron chi connectivity index (χ2n) is 4.18. The second kappa shape index (κ2) is 6.42. The zero-order valence-corrected chi connectivity index (χ0v) is 12.4. The Morgan fingerprint density at radius 1 is 1.60 bits per heavy atom. The first kappa shape index (κ1) is 14.4. The van der Waals surface area contributed by atoms with Crippen LogP contribution in [0.25, 0.3) is 0 Å². The Morgan fingerprint density at radius 2 is 2.40 bits per heavy atom. The van der Waals surface area contributed by atoms with Crippen LogP contribution in [0.3, 0.4) is 0 Å². The molecule has 2 aromatic rings. The number of anilines is 2. The van der Waals surface area contributed by atoms with Gasteiger partial charge >= 0.3 is 0 Å². The summed E-state index contributed by atoms with van der Waals surface area (Å²) in [5.41, 5.74) is 6.39. The minimum absolute atomic E-state index is 0.0333. The Kier molecular flexibility index (Phi) is 4.62. The van der Waals surface area contributed by atoms with E-state index in [0.29, 0.717) is 29.3 Å². The van der Waals surface area contributed by atoms with Crippen molar-refractivity contribution in [3.05, 3.63) is 23.3 Å². The Labute approximate surface area is 121 Å². The highest BCUT2D eigenvalue weighted by atomic mass is 32.1. The summed E-state index contributed by atoms with van der Waals surface area (Å²) in [5.74, 6) is 0.582. The van der Waals surface area contributed by atoms with Gasteiger partial charge in [-0.1, -0.05) is 6.92 Å². The highest BCUT2D eigenvalue weighted by Crippen LogP contribution is 2.42. The van der Waals surface area contributed by atoms with E-state index in [-0.39, 0.29) is 5.78 Å². The number of rotatable bonds is 7. The van der Waals surface area contributed by atoms with Crippen LogP contribution in [0.4, 0.5) is 10.7 Å². The van der Waals surface area contributed by atoms with Crippen LogP contribution in [0, 0.1) is 0 Å². The number of carbonyl (C=O) groups is 1. The first-order chi connectivity index (χ1) is 9.67. The second-order valence-corrected chi connectivity index (χ2v) is 5.20. The van der Waals surface area contributed by atoms with E-state index >= 15 is 0 Å². The number of aromatic nitrogens is 2. The highest BCUT2D eigenvalue weighted by Gasteiger charge is 2.20. The summed E-state index contributed by atoms with van der Waals surface area (Å²) in [6.07, 6.45) is 4.07. The van der Waals surface area contributed by atoms with Crippen molar-refractivity contribution in [1.82, 2.24) is 9.78 Å². The molecular formula is C13H18N4O2S. The standard InChI is InChI=1S/C13H18N4O2S/c1-3-9(18)12-10(14)11(19-2)13(20-12)15-6-8-17-7-4-5-16-17/h4-5,7,15H,3,6,8,14H2,1-2H3. The summed E-state index contributed by atoms with van der Waals surface area (Å²) < 4.78 is 7.12. The van der Waals surface area contributed by atoms with E-state index < -0.39 is 0 Å². The van der Waals surface area contributed by atoms with E-state index in [9.17, 15) is 4.79 Å². The third-order valence-corrected chi connectivity index (χ3v) is 4.05. The molecule has 0 unspecified atom stereocenters. The van der Waals surface area contributed by atoms with Gasteiger partial charge in [-0.3, -0.25) is 9.48 Å². The van der Waals surface area contributed by atoms with Gasteiger partial charge in [-0.15, -0.1) is 11.3 Å². The summed E-state index contributed by atoms with van der Waals surface area (Å²) in [6, 6.07) is 1.88. The molecule has 2 rings (SSSR count). The average molecular weight is 294 g/mol. The molecular weight excluding hydrogens is 276 g/mol. The van der Waals surface area contributed by atoms with E-state index in [4.69, 9.17) is 10.5 Å². The molecule has 20 heavy (non-hydrogen) atoms. The molecule has 0 spiro atoms. The Morgan fingerprint density at radius 3 is 3.00 bits per heavy atom. The van der Waals surface area contributed by atoms with E-state index in [1.165, 1.54) is 11.3 Å². The van der Waals surface area contributed by atoms with E-state index in [2.05, 4.69) is 10.4 Å². The van der Waals surface area contributed by atoms with Crippen molar-refractivity contribution >= 4 is 27.8 Å². The van der Waals surface area contributed by atoms with Crippen LogP contribution in [0.15, 0.2) is 18.5 Å². The summed E-state index contributed by atoms with van der Waals surface area (Å²) >= 11 is 1.34. The van der Waals surface area contributed by atoms with Crippen molar-refractivity contribution < 1.29 is 9.53 Å². The van der Waals surface area contributed by atoms with Gasteiger partial charge in [0.25, 0.3) is 0 Å². The molecule has 0 bridgehead atoms. The molecule has 0 fully saturated rings. The quantitative estimate of drug-likeness (QED) is 0.765. The number of thiophene rings is 1. The Bertz CT molecular complexity index is 577. The van der Waals surface area contributed by atoms with Crippen LogP contribution in [0.2, 0.25) is 0 Å². The number of Topliss-reactive ketones (excluding diaryl/α,β-unsaturated/α-hetero) is 1. The van der Waals surface area contributed by atoms with Crippen molar-refractivity contribution in [3.63, 3.8) is 0 Å². The molecule has 0 aliphatic carbocycles. The van der Waals surface area contributed by atoms with E-state index in [1.54, 1.807) is 13.3 Å². The summed E-state index contributed by atoms with van der Waals surface area (Å²) in [7, 11) is 1.55. The lowest BCUT2D eigenvalue weighted by Crippen LogP contribution is -2.10. The number of methoxy groups -OCH3 is 1. The minimum atomic E-state index is 0.0333. The number of nitrogen functional groups attached to an aromatic ring is 1. The number of carbonyl (C=O) groups excluding carboxylic acids is 1. The third kappa shape index (κ3) is 2.93. The smallest absolute Gasteiger partial charge is 0.176 e. The largest absolute Gasteiger partial charge is 0.492 e. The van der Waals surface area contributed by atoms with Gasteiger partial charge in [-0.25, -0.2) is 0 Å². The number of nitrogens with zero attached hydrogens (tertiary/aromatic N) is 2. The van der Waals surface area contributed by atoms with Gasteiger partial charge in [0.05, 0.1) is 24.2 Å². The highest BCUT2D eigenvalue weighted by molar-refractivity contribution is 7.19. The maximum Gasteiger partial charge on any atom is 0.176 e. The number of hydrogen-bond donors (Lipinski definition) is 2. The molecule has 0 aliphatic rings. The Balaban J connectivity index is 2.08. The molecule has 0 radical (unpaired) electrons. The molecule has 0 amide bonds. The Hall–Kier alpha value is -2.02. The maximum absolute atomic E-state index is 11.8. The fraction of sp³-hybridized carbons (Fsp3) is 0.385. The predicted octanol–water partition coefficient (Wildman–Crippen LogP) is 2.24. The molecule has 0 saturated carbocycles. The van der Waals surface area contributed by atoms with Gasteiger partial charge in [-0.05, 0) is 6.07 Å². The van der Waals surface area contributed by atoms with Gasteiger partial charge in [0.2, 0.25) is 0 Å². The van der Waals surface area contributed by atoms with Crippen LogP contribution in [-0.2, 0) is 6.54 Å². The van der Waals surface area contributed by atoms with Crippen LogP contribution in [-0.4, -0.2) is 29.2 Å². The fourth-order valence-electron chi connectivity index (χ4n) is 1.83. The van der Waals surface area contributed by atoms with Crippen molar-refractivity contribution in [3.8, 4) is 5.75 Å². The molecule has 0 saturated heterocycles. The summed E-state index contributed by atoms with van der Waals surface area (Å²) in [4.78, 5) is 12.4. The molecule has 2 aromatic heterocycles. The number of nitrogens with two attached hydrogens (primary N) is 1. The number of hydrogen-bond acceptors (Lipinski definition) is 6. The minimum Gasteiger partial charge on any atom is -0.492 e. The first-order valence-electron chi connectivity index (χ1n) is 6.38. The number of nitrogens with one attached hydrogen (secondary N) is 1. The molecule has 0 aliphatic heterocycles. The molecule has 6 nitrogen and oxygen atoms in total. The van der Waals surface area contributed by atoms with Gasteiger partial charge < -0.3 is 15.8 Å². The van der Waals surface area contributed by atoms with Crippen LogP contribution in [0.5, 0.6) is 5.75 Å². The average Bonchev–Trinajstić information content (AvgIpc) is 3.06. The number of ether oxygens (including phenoxy) is 1. The topological polar surface area (TPSA) is 82.2 Å². The zero-order valence-electron chi connectivity index (χ0n) is 11.5. The summed E-state index contributed by atoms with van der Waals surface area (Å²) in [6.45, 7) is 3.22. The lowest BCUT2D eigenvalue weighted by molar-refractivity contribution is 0.0992. The van der Waals surface area contributed by atoms with Crippen LogP contribution >= 0.6 is 11.3 Å². The molecule has 2 heterocycles. The lowest BCUT2D eigenvalue weighted by atomic mass is 10.2. The van der Waals surface area contributed by atoms with Crippen molar-refractivity contribution in [2.75, 3.05) is 24.7 Å². The SMILES string of the molecule is CCC(=O)c1sc(NCCn2cccn2)c(OC)c1N. The first-order valence-corrected chi connectivity index (χ1v) is 7.19. The molecule has 0 atom stereocenters. The van der Waals surface area contributed by atoms with Crippen molar-refractivity contribution in [2.24, 2.45) is 0 Å². The van der Waals surface area contributed by atoms with Gasteiger partial charge in [0, 0.05) is 25.4 Å². The van der Waals surface area contributed by atoms with E-state index in [0.717, 1.165) is 11.5 Å². The third-order valence-electron chi connectivity index (χ3n) is 2.86. The fourth-order valence-corrected chi connectivity index (χ4v) is 2.96. The van der Waals surface area contributed by atoms with Crippen molar-refractivity contribution in [1.29, 1.82) is 0 Å². The molecule has 0 aromatic carbocycles. The van der Waals surface area contributed by atoms with Crippen LogP contribution in [0.1, 0.15) is 23.0 Å². The van der Waals surface area contributed by atoms with Crippen molar-refractivity contribution in [2.45, 2.75) is 19.9 Å². The molecule has 7 heteroatoms.